The third-order valence-corrected chi connectivity index (χ3v) is 5.17. The first-order valence-electron chi connectivity index (χ1n) is 10.5. The van der Waals surface area contributed by atoms with E-state index in [1.807, 2.05) is 31.2 Å². The maximum atomic E-state index is 13.1. The summed E-state index contributed by atoms with van der Waals surface area (Å²) in [7, 11) is 0. The predicted molar refractivity (Wildman–Crippen MR) is 120 cm³/mol. The predicted octanol–water partition coefficient (Wildman–Crippen LogP) is 4.37. The van der Waals surface area contributed by atoms with Gasteiger partial charge >= 0.3 is 11.9 Å². The summed E-state index contributed by atoms with van der Waals surface area (Å²) in [5.74, 6) is 0.278. The van der Waals surface area contributed by atoms with E-state index >= 15 is 0 Å². The summed E-state index contributed by atoms with van der Waals surface area (Å²) < 4.78 is 46.7. The minimum Gasteiger partial charge on any atom is -0.337 e. The first kappa shape index (κ1) is 22.3. The van der Waals surface area contributed by atoms with Crippen LogP contribution in [0.2, 0.25) is 0 Å². The Kier molecular flexibility index (Phi) is 5.35. The van der Waals surface area contributed by atoms with Crippen LogP contribution in [0.15, 0.2) is 63.9 Å². The van der Waals surface area contributed by atoms with Gasteiger partial charge in [0.15, 0.2) is 5.65 Å². The lowest BCUT2D eigenvalue weighted by Gasteiger charge is -2.08. The zero-order valence-electron chi connectivity index (χ0n) is 18.5. The molecule has 1 N–H and O–H groups in total. The number of fused-ring (bicyclic) bond motifs is 1. The number of nitrogens with zero attached hydrogens (tertiary/aromatic N) is 6. The number of anilines is 2. The van der Waals surface area contributed by atoms with Gasteiger partial charge in [-0.15, -0.1) is 5.10 Å². The normalized spacial score (nSPS) is 11.8. The lowest BCUT2D eigenvalue weighted by molar-refractivity contribution is -0.137. The van der Waals surface area contributed by atoms with Gasteiger partial charge in [0.1, 0.15) is 6.54 Å². The number of benzene rings is 2. The Labute approximate surface area is 195 Å². The molecule has 0 fully saturated rings. The molecule has 12 heteroatoms. The van der Waals surface area contributed by atoms with Gasteiger partial charge in [-0.1, -0.05) is 29.4 Å². The van der Waals surface area contributed by atoms with Gasteiger partial charge in [0.25, 0.3) is 0 Å². The number of hydrogen-bond donors (Lipinski definition) is 1. The second-order valence-corrected chi connectivity index (χ2v) is 7.94. The monoisotopic (exact) mass is 481 g/mol. The lowest BCUT2D eigenvalue weighted by atomic mass is 10.1. The molecule has 0 saturated carbocycles. The standard InChI is InChI=1S/C23H18F3N7O2/c1-13-5-3-8-17(9-13)28-21-27-14(2)10-18-30-32(22(34)33(18)21)12-19-29-20(31-35-19)15-6-4-7-16(11-15)23(24,25)26/h3-11H,12H2,1-2H3,(H,27,28). The minimum absolute atomic E-state index is 0.0146. The van der Waals surface area contributed by atoms with E-state index in [0.717, 1.165) is 28.1 Å². The molecule has 0 radical (unpaired) electrons. The Bertz CT molecular complexity index is 1600. The quantitative estimate of drug-likeness (QED) is 0.398. The van der Waals surface area contributed by atoms with Crippen LogP contribution in [0.3, 0.4) is 0 Å². The van der Waals surface area contributed by atoms with Gasteiger partial charge in [-0.05, 0) is 43.7 Å². The molecule has 0 aliphatic heterocycles. The fourth-order valence-corrected chi connectivity index (χ4v) is 3.59. The molecule has 9 nitrogen and oxygen atoms in total. The van der Waals surface area contributed by atoms with Crippen LogP contribution in [-0.4, -0.2) is 29.3 Å². The third-order valence-electron chi connectivity index (χ3n) is 5.17. The second kappa shape index (κ2) is 8.38. The molecule has 5 rings (SSSR count). The first-order valence-corrected chi connectivity index (χ1v) is 10.5. The van der Waals surface area contributed by atoms with Crippen molar-refractivity contribution in [3.05, 3.63) is 87.8 Å². The van der Waals surface area contributed by atoms with E-state index in [-0.39, 0.29) is 29.8 Å². The number of hydrogen-bond acceptors (Lipinski definition) is 7. The Hall–Kier alpha value is -4.48. The van der Waals surface area contributed by atoms with Crippen LogP contribution >= 0.6 is 0 Å². The van der Waals surface area contributed by atoms with Crippen LogP contribution in [0, 0.1) is 13.8 Å². The van der Waals surface area contributed by atoms with Crippen molar-refractivity contribution in [1.82, 2.24) is 29.3 Å². The average molecular weight is 481 g/mol. The maximum absolute atomic E-state index is 13.1. The highest BCUT2D eigenvalue weighted by atomic mass is 19.4. The zero-order chi connectivity index (χ0) is 24.7. The summed E-state index contributed by atoms with van der Waals surface area (Å²) >= 11 is 0. The summed E-state index contributed by atoms with van der Waals surface area (Å²) in [4.78, 5) is 21.7. The summed E-state index contributed by atoms with van der Waals surface area (Å²) in [6, 6.07) is 13.9. The lowest BCUT2D eigenvalue weighted by Crippen LogP contribution is -2.23. The van der Waals surface area contributed by atoms with Crippen molar-refractivity contribution in [1.29, 1.82) is 0 Å². The highest BCUT2D eigenvalue weighted by Crippen LogP contribution is 2.31. The molecule has 0 aliphatic carbocycles. The molecule has 3 aromatic heterocycles. The van der Waals surface area contributed by atoms with Gasteiger partial charge in [0, 0.05) is 23.0 Å². The molecule has 0 bridgehead atoms. The van der Waals surface area contributed by atoms with Gasteiger partial charge in [0.05, 0.1) is 5.56 Å². The Balaban J connectivity index is 1.47. The molecule has 5 aromatic rings. The molecule has 0 atom stereocenters. The van der Waals surface area contributed by atoms with Crippen molar-refractivity contribution < 1.29 is 17.7 Å². The van der Waals surface area contributed by atoms with Crippen molar-refractivity contribution in [2.24, 2.45) is 0 Å². The Morgan fingerprint density at radius 1 is 1.03 bits per heavy atom. The number of nitrogens with one attached hydrogen (secondary N) is 1. The van der Waals surface area contributed by atoms with Crippen molar-refractivity contribution >= 4 is 17.3 Å². The summed E-state index contributed by atoms with van der Waals surface area (Å²) in [5, 5.41) is 11.2. The van der Waals surface area contributed by atoms with E-state index < -0.39 is 17.4 Å². The molecule has 0 spiro atoms. The largest absolute Gasteiger partial charge is 0.416 e. The molecule has 178 valence electrons. The van der Waals surface area contributed by atoms with Crippen LogP contribution in [0.25, 0.3) is 17.0 Å². The molecule has 0 amide bonds. The number of alkyl halides is 3. The molecule has 2 aromatic carbocycles. The smallest absolute Gasteiger partial charge is 0.337 e. The number of aryl methyl sites for hydroxylation is 2. The fourth-order valence-electron chi connectivity index (χ4n) is 3.59. The number of halogens is 3. The molecule has 35 heavy (non-hydrogen) atoms. The van der Waals surface area contributed by atoms with E-state index in [1.54, 1.807) is 13.0 Å². The second-order valence-electron chi connectivity index (χ2n) is 7.94. The molecule has 3 heterocycles. The van der Waals surface area contributed by atoms with Gasteiger partial charge in [-0.25, -0.2) is 18.9 Å². The fraction of sp³-hybridized carbons (Fsp3) is 0.174. The van der Waals surface area contributed by atoms with Crippen molar-refractivity contribution in [2.75, 3.05) is 5.32 Å². The van der Waals surface area contributed by atoms with E-state index in [4.69, 9.17) is 4.52 Å². The molecule has 0 saturated heterocycles. The minimum atomic E-state index is -4.50. The van der Waals surface area contributed by atoms with Gasteiger partial charge in [-0.2, -0.15) is 18.2 Å². The average Bonchev–Trinajstić information content (AvgIpc) is 3.38. The van der Waals surface area contributed by atoms with E-state index in [2.05, 4.69) is 25.5 Å². The van der Waals surface area contributed by atoms with E-state index in [1.165, 1.54) is 16.5 Å². The van der Waals surface area contributed by atoms with Crippen LogP contribution < -0.4 is 11.0 Å². The SMILES string of the molecule is Cc1cccc(Nc2nc(C)cc3nn(Cc4nc(-c5cccc(C(F)(F)F)c5)no4)c(=O)n23)c1. The van der Waals surface area contributed by atoms with Gasteiger partial charge < -0.3 is 9.84 Å². The van der Waals surface area contributed by atoms with Crippen LogP contribution in [0.5, 0.6) is 0 Å². The summed E-state index contributed by atoms with van der Waals surface area (Å²) in [5.41, 5.74) is 1.61. The van der Waals surface area contributed by atoms with E-state index in [0.29, 0.717) is 11.3 Å². The summed E-state index contributed by atoms with van der Waals surface area (Å²) in [6.07, 6.45) is -4.50. The van der Waals surface area contributed by atoms with Gasteiger partial charge in [0.2, 0.25) is 17.7 Å². The topological polar surface area (TPSA) is 103 Å². The highest BCUT2D eigenvalue weighted by Gasteiger charge is 2.30. The third kappa shape index (κ3) is 4.50. The number of rotatable bonds is 5. The van der Waals surface area contributed by atoms with Crippen LogP contribution in [-0.2, 0) is 12.7 Å². The molecule has 0 aliphatic rings. The Morgan fingerprint density at radius 3 is 2.60 bits per heavy atom. The first-order chi connectivity index (χ1) is 16.7. The van der Waals surface area contributed by atoms with Crippen LogP contribution in [0.1, 0.15) is 22.7 Å². The summed E-state index contributed by atoms with van der Waals surface area (Å²) in [6.45, 7) is 3.56. The van der Waals surface area contributed by atoms with Gasteiger partial charge in [-0.3, -0.25) is 0 Å². The highest BCUT2D eigenvalue weighted by molar-refractivity contribution is 5.58. The van der Waals surface area contributed by atoms with Crippen molar-refractivity contribution in [2.45, 2.75) is 26.6 Å². The zero-order valence-corrected chi connectivity index (χ0v) is 18.5. The number of aromatic nitrogens is 6. The molecule has 0 unspecified atom stereocenters. The molecular formula is C23H18F3N7O2. The maximum Gasteiger partial charge on any atom is 0.416 e. The Morgan fingerprint density at radius 2 is 1.83 bits per heavy atom. The van der Waals surface area contributed by atoms with E-state index in [9.17, 15) is 18.0 Å². The van der Waals surface area contributed by atoms with Crippen molar-refractivity contribution in [3.8, 4) is 11.4 Å². The van der Waals surface area contributed by atoms with Crippen molar-refractivity contribution in [3.63, 3.8) is 0 Å². The molecular weight excluding hydrogens is 463 g/mol. The van der Waals surface area contributed by atoms with Crippen LogP contribution in [0.4, 0.5) is 24.8 Å².